The van der Waals surface area contributed by atoms with Gasteiger partial charge in [-0.15, -0.1) is 0 Å². The fourth-order valence-electron chi connectivity index (χ4n) is 2.23. The average Bonchev–Trinajstić information content (AvgIpc) is 2.54. The molecule has 0 bridgehead atoms. The van der Waals surface area contributed by atoms with Crippen LogP contribution in [0.25, 0.3) is 11.1 Å². The standard InChI is InChI=1S/C17H17NO4/c1-11(17(18)19)22-14-4-2-3-12(9-14)13-5-6-15-16(10-13)21-8-7-20-15/h2-6,9-11H,7-8H2,1H3,(H2,18,19)/t11-/m0/s1. The van der Waals surface area contributed by atoms with Crippen LogP contribution >= 0.6 is 0 Å². The predicted octanol–water partition coefficient (Wildman–Crippen LogP) is 2.38. The van der Waals surface area contributed by atoms with Gasteiger partial charge in [-0.3, -0.25) is 4.79 Å². The second-order valence-electron chi connectivity index (χ2n) is 5.05. The highest BCUT2D eigenvalue weighted by Gasteiger charge is 2.14. The molecule has 0 saturated carbocycles. The Labute approximate surface area is 128 Å². The molecule has 1 aliphatic rings. The SMILES string of the molecule is C[C@H](Oc1cccc(-c2ccc3c(c2)OCCO3)c1)C(N)=O. The number of amides is 1. The molecule has 0 unspecified atom stereocenters. The van der Waals surface area contributed by atoms with Crippen molar-refractivity contribution >= 4 is 5.91 Å². The first kappa shape index (κ1) is 14.3. The molecule has 22 heavy (non-hydrogen) atoms. The van der Waals surface area contributed by atoms with Crippen molar-refractivity contribution in [2.75, 3.05) is 13.2 Å². The van der Waals surface area contributed by atoms with E-state index in [9.17, 15) is 4.79 Å². The molecule has 0 fully saturated rings. The summed E-state index contributed by atoms with van der Waals surface area (Å²) in [5.74, 6) is 1.59. The van der Waals surface area contributed by atoms with Gasteiger partial charge >= 0.3 is 0 Å². The molecule has 1 heterocycles. The average molecular weight is 299 g/mol. The van der Waals surface area contributed by atoms with Crippen molar-refractivity contribution in [3.8, 4) is 28.4 Å². The molecule has 0 spiro atoms. The molecule has 0 aliphatic carbocycles. The minimum Gasteiger partial charge on any atom is -0.486 e. The normalized spacial score (nSPS) is 14.2. The molecule has 2 N–H and O–H groups in total. The first-order chi connectivity index (χ1) is 10.6. The topological polar surface area (TPSA) is 70.8 Å². The Bertz CT molecular complexity index is 699. The van der Waals surface area contributed by atoms with Crippen molar-refractivity contribution in [2.45, 2.75) is 13.0 Å². The van der Waals surface area contributed by atoms with Gasteiger partial charge in [0.1, 0.15) is 19.0 Å². The van der Waals surface area contributed by atoms with Crippen LogP contribution in [-0.4, -0.2) is 25.2 Å². The lowest BCUT2D eigenvalue weighted by molar-refractivity contribution is -0.123. The van der Waals surface area contributed by atoms with Crippen LogP contribution in [0.3, 0.4) is 0 Å². The van der Waals surface area contributed by atoms with Crippen LogP contribution < -0.4 is 19.9 Å². The summed E-state index contributed by atoms with van der Waals surface area (Å²) in [6, 6.07) is 13.3. The van der Waals surface area contributed by atoms with Gasteiger partial charge in [-0.05, 0) is 42.3 Å². The number of fused-ring (bicyclic) bond motifs is 1. The van der Waals surface area contributed by atoms with E-state index in [0.29, 0.717) is 19.0 Å². The number of hydrogen-bond acceptors (Lipinski definition) is 4. The third-order valence-corrected chi connectivity index (χ3v) is 3.42. The molecule has 0 saturated heterocycles. The van der Waals surface area contributed by atoms with E-state index in [1.54, 1.807) is 13.0 Å². The van der Waals surface area contributed by atoms with E-state index < -0.39 is 12.0 Å². The molecular weight excluding hydrogens is 282 g/mol. The van der Waals surface area contributed by atoms with Gasteiger partial charge in [0.05, 0.1) is 0 Å². The van der Waals surface area contributed by atoms with E-state index >= 15 is 0 Å². The second-order valence-corrected chi connectivity index (χ2v) is 5.05. The minimum atomic E-state index is -0.671. The first-order valence-corrected chi connectivity index (χ1v) is 7.09. The van der Waals surface area contributed by atoms with Gasteiger partial charge in [-0.2, -0.15) is 0 Å². The predicted molar refractivity (Wildman–Crippen MR) is 82.2 cm³/mol. The number of hydrogen-bond donors (Lipinski definition) is 1. The van der Waals surface area contributed by atoms with Crippen molar-refractivity contribution in [1.82, 2.24) is 0 Å². The lowest BCUT2D eigenvalue weighted by atomic mass is 10.0. The van der Waals surface area contributed by atoms with Crippen LogP contribution in [0.1, 0.15) is 6.92 Å². The summed E-state index contributed by atoms with van der Waals surface area (Å²) in [4.78, 5) is 11.1. The van der Waals surface area contributed by atoms with Gasteiger partial charge < -0.3 is 19.9 Å². The van der Waals surface area contributed by atoms with E-state index in [4.69, 9.17) is 19.9 Å². The highest BCUT2D eigenvalue weighted by Crippen LogP contribution is 2.35. The van der Waals surface area contributed by atoms with Gasteiger partial charge in [0.15, 0.2) is 17.6 Å². The number of carbonyl (C=O) groups excluding carboxylic acids is 1. The lowest BCUT2D eigenvalue weighted by Gasteiger charge is -2.19. The van der Waals surface area contributed by atoms with E-state index in [2.05, 4.69) is 0 Å². The van der Waals surface area contributed by atoms with Crippen LogP contribution in [0, 0.1) is 0 Å². The summed E-state index contributed by atoms with van der Waals surface area (Å²) in [6.07, 6.45) is -0.671. The summed E-state index contributed by atoms with van der Waals surface area (Å²) in [6.45, 7) is 2.75. The van der Waals surface area contributed by atoms with E-state index in [-0.39, 0.29) is 0 Å². The smallest absolute Gasteiger partial charge is 0.258 e. The molecule has 2 aromatic rings. The third kappa shape index (κ3) is 2.98. The fraction of sp³-hybridized carbons (Fsp3) is 0.235. The molecule has 1 atom stereocenters. The number of primary amides is 1. The lowest BCUT2D eigenvalue weighted by Crippen LogP contribution is -2.30. The summed E-state index contributed by atoms with van der Waals surface area (Å²) in [7, 11) is 0. The molecule has 0 aromatic heterocycles. The quantitative estimate of drug-likeness (QED) is 0.941. The Morgan fingerprint density at radius 1 is 1.09 bits per heavy atom. The summed E-state index contributed by atoms with van der Waals surface area (Å²) in [5.41, 5.74) is 7.17. The molecule has 2 aromatic carbocycles. The molecule has 114 valence electrons. The summed E-state index contributed by atoms with van der Waals surface area (Å²) < 4.78 is 16.6. The second kappa shape index (κ2) is 5.97. The highest BCUT2D eigenvalue weighted by molar-refractivity contribution is 5.78. The van der Waals surface area contributed by atoms with Crippen molar-refractivity contribution < 1.29 is 19.0 Å². The zero-order valence-corrected chi connectivity index (χ0v) is 12.2. The van der Waals surface area contributed by atoms with Crippen molar-refractivity contribution in [2.24, 2.45) is 5.73 Å². The Kier molecular flexibility index (Phi) is 3.87. The van der Waals surface area contributed by atoms with E-state index in [1.165, 1.54) is 0 Å². The Morgan fingerprint density at radius 2 is 1.82 bits per heavy atom. The summed E-state index contributed by atoms with van der Waals surface area (Å²) in [5, 5.41) is 0. The molecule has 5 nitrogen and oxygen atoms in total. The van der Waals surface area contributed by atoms with Crippen molar-refractivity contribution in [3.05, 3.63) is 42.5 Å². The highest BCUT2D eigenvalue weighted by atomic mass is 16.6. The minimum absolute atomic E-state index is 0.496. The third-order valence-electron chi connectivity index (χ3n) is 3.42. The summed E-state index contributed by atoms with van der Waals surface area (Å²) >= 11 is 0. The number of carbonyl (C=O) groups is 1. The number of benzene rings is 2. The van der Waals surface area contributed by atoms with Gasteiger partial charge in [-0.25, -0.2) is 0 Å². The largest absolute Gasteiger partial charge is 0.486 e. The van der Waals surface area contributed by atoms with Gasteiger partial charge in [0.2, 0.25) is 0 Å². The molecule has 3 rings (SSSR count). The zero-order chi connectivity index (χ0) is 15.5. The maximum absolute atomic E-state index is 11.1. The monoisotopic (exact) mass is 299 g/mol. The maximum atomic E-state index is 11.1. The molecular formula is C17H17NO4. The van der Waals surface area contributed by atoms with E-state index in [0.717, 1.165) is 22.6 Å². The number of nitrogens with two attached hydrogens (primary N) is 1. The van der Waals surface area contributed by atoms with Crippen LogP contribution in [0.2, 0.25) is 0 Å². The van der Waals surface area contributed by atoms with Crippen molar-refractivity contribution in [1.29, 1.82) is 0 Å². The zero-order valence-electron chi connectivity index (χ0n) is 12.2. The molecule has 1 amide bonds. The number of rotatable bonds is 4. The number of ether oxygens (including phenoxy) is 3. The van der Waals surface area contributed by atoms with Crippen LogP contribution in [0.5, 0.6) is 17.2 Å². The molecule has 1 aliphatic heterocycles. The first-order valence-electron chi connectivity index (χ1n) is 7.09. The Morgan fingerprint density at radius 3 is 2.59 bits per heavy atom. The Balaban J connectivity index is 1.87. The fourth-order valence-corrected chi connectivity index (χ4v) is 2.23. The molecule has 0 radical (unpaired) electrons. The van der Waals surface area contributed by atoms with Gasteiger partial charge in [0.25, 0.3) is 5.91 Å². The van der Waals surface area contributed by atoms with Crippen molar-refractivity contribution in [3.63, 3.8) is 0 Å². The Hall–Kier alpha value is -2.69. The maximum Gasteiger partial charge on any atom is 0.258 e. The van der Waals surface area contributed by atoms with Gasteiger partial charge in [0, 0.05) is 0 Å². The van der Waals surface area contributed by atoms with E-state index in [1.807, 2.05) is 36.4 Å². The van der Waals surface area contributed by atoms with Crippen LogP contribution in [0.15, 0.2) is 42.5 Å². The molecule has 5 heteroatoms. The van der Waals surface area contributed by atoms with Gasteiger partial charge in [-0.1, -0.05) is 18.2 Å². The van der Waals surface area contributed by atoms with Crippen LogP contribution in [0.4, 0.5) is 0 Å². The van der Waals surface area contributed by atoms with Crippen LogP contribution in [-0.2, 0) is 4.79 Å².